The van der Waals surface area contributed by atoms with Gasteiger partial charge in [-0.05, 0) is 29.8 Å². The fraction of sp³-hybridized carbons (Fsp3) is 0.0667. The Morgan fingerprint density at radius 3 is 2.80 bits per heavy atom. The number of hydrogen-bond donors (Lipinski definition) is 1. The molecule has 0 aliphatic heterocycles. The molecule has 0 aliphatic rings. The molecule has 0 spiro atoms. The number of aromatic nitrogens is 2. The summed E-state index contributed by atoms with van der Waals surface area (Å²) in [7, 11) is 0. The zero-order chi connectivity index (χ0) is 13.9. The lowest BCUT2D eigenvalue weighted by Gasteiger charge is -2.06. The van der Waals surface area contributed by atoms with Crippen molar-refractivity contribution in [3.63, 3.8) is 0 Å². The normalized spacial score (nSPS) is 10.7. The summed E-state index contributed by atoms with van der Waals surface area (Å²) in [4.78, 5) is 16.1. The molecule has 0 aliphatic carbocycles. The third kappa shape index (κ3) is 2.65. The maximum Gasteiger partial charge on any atom is 0.253 e. The van der Waals surface area contributed by atoms with Gasteiger partial charge in [-0.25, -0.2) is 4.98 Å². The van der Waals surface area contributed by atoms with E-state index in [0.717, 1.165) is 11.1 Å². The van der Waals surface area contributed by atoms with Crippen molar-refractivity contribution in [2.45, 2.75) is 6.54 Å². The first kappa shape index (κ1) is 12.7. The molecule has 20 heavy (non-hydrogen) atoms. The molecule has 1 amide bonds. The molecule has 1 N–H and O–H groups in total. The minimum absolute atomic E-state index is 0.115. The summed E-state index contributed by atoms with van der Waals surface area (Å²) in [5, 5.41) is 3.56. The average Bonchev–Trinajstić information content (AvgIpc) is 2.93. The standard InChI is InChI=1S/C15H12ClN3O/c16-13-4-1-11(2-5-13)7-18-15(20)12-3-6-14-8-17-10-19(14)9-12/h1-6,8-10H,7H2,(H,18,20). The molecular formula is C15H12ClN3O. The highest BCUT2D eigenvalue weighted by molar-refractivity contribution is 6.30. The topological polar surface area (TPSA) is 46.4 Å². The smallest absolute Gasteiger partial charge is 0.253 e. The van der Waals surface area contributed by atoms with Crippen LogP contribution in [0, 0.1) is 0 Å². The number of nitrogens with one attached hydrogen (secondary N) is 1. The van der Waals surface area contributed by atoms with Crippen molar-refractivity contribution in [3.05, 3.63) is 71.3 Å². The molecule has 0 unspecified atom stereocenters. The zero-order valence-corrected chi connectivity index (χ0v) is 11.3. The highest BCUT2D eigenvalue weighted by Gasteiger charge is 2.06. The predicted molar refractivity (Wildman–Crippen MR) is 77.8 cm³/mol. The van der Waals surface area contributed by atoms with E-state index < -0.39 is 0 Å². The lowest BCUT2D eigenvalue weighted by Crippen LogP contribution is -2.23. The fourth-order valence-corrected chi connectivity index (χ4v) is 2.07. The maximum absolute atomic E-state index is 12.1. The van der Waals surface area contributed by atoms with Gasteiger partial charge in [0.05, 0.1) is 23.6 Å². The first-order chi connectivity index (χ1) is 9.72. The van der Waals surface area contributed by atoms with Crippen molar-refractivity contribution in [1.82, 2.24) is 14.7 Å². The van der Waals surface area contributed by atoms with Crippen LogP contribution in [0.4, 0.5) is 0 Å². The number of carbonyl (C=O) groups excluding carboxylic acids is 1. The second-order valence-electron chi connectivity index (χ2n) is 4.45. The number of pyridine rings is 1. The largest absolute Gasteiger partial charge is 0.348 e. The van der Waals surface area contributed by atoms with Crippen LogP contribution < -0.4 is 5.32 Å². The Morgan fingerprint density at radius 1 is 1.20 bits per heavy atom. The maximum atomic E-state index is 12.1. The van der Waals surface area contributed by atoms with Crippen molar-refractivity contribution in [2.75, 3.05) is 0 Å². The molecule has 0 saturated carbocycles. The molecule has 4 nitrogen and oxygen atoms in total. The van der Waals surface area contributed by atoms with Gasteiger partial charge in [-0.3, -0.25) is 4.79 Å². The Kier molecular flexibility index (Phi) is 3.39. The highest BCUT2D eigenvalue weighted by Crippen LogP contribution is 2.10. The third-order valence-corrected chi connectivity index (χ3v) is 3.29. The van der Waals surface area contributed by atoms with E-state index in [2.05, 4.69) is 10.3 Å². The molecule has 3 aromatic rings. The SMILES string of the molecule is O=C(NCc1ccc(Cl)cc1)c1ccc2cncn2c1. The van der Waals surface area contributed by atoms with Crippen molar-refractivity contribution in [1.29, 1.82) is 0 Å². The molecule has 2 aromatic heterocycles. The molecule has 0 radical (unpaired) electrons. The van der Waals surface area contributed by atoms with Crippen LogP contribution in [0.3, 0.4) is 0 Å². The van der Waals surface area contributed by atoms with Crippen LogP contribution >= 0.6 is 11.6 Å². The molecule has 0 saturated heterocycles. The predicted octanol–water partition coefficient (Wildman–Crippen LogP) is 2.92. The van der Waals surface area contributed by atoms with Crippen LogP contribution in [0.15, 0.2) is 55.1 Å². The Labute approximate surface area is 121 Å². The lowest BCUT2D eigenvalue weighted by atomic mass is 10.2. The highest BCUT2D eigenvalue weighted by atomic mass is 35.5. The molecule has 0 fully saturated rings. The molecular weight excluding hydrogens is 274 g/mol. The van der Waals surface area contributed by atoms with Gasteiger partial charge in [-0.15, -0.1) is 0 Å². The first-order valence-corrected chi connectivity index (χ1v) is 6.54. The van der Waals surface area contributed by atoms with Crippen LogP contribution in [0.5, 0.6) is 0 Å². The fourth-order valence-electron chi connectivity index (χ4n) is 1.94. The van der Waals surface area contributed by atoms with Gasteiger partial charge in [-0.1, -0.05) is 23.7 Å². The Bertz CT molecular complexity index is 749. The summed E-state index contributed by atoms with van der Waals surface area (Å²) in [6.07, 6.45) is 5.18. The van der Waals surface area contributed by atoms with Crippen LogP contribution in [0.2, 0.25) is 5.02 Å². The molecule has 5 heteroatoms. The van der Waals surface area contributed by atoms with E-state index in [9.17, 15) is 4.79 Å². The van der Waals surface area contributed by atoms with E-state index in [4.69, 9.17) is 11.6 Å². The van der Waals surface area contributed by atoms with E-state index in [1.54, 1.807) is 36.9 Å². The van der Waals surface area contributed by atoms with Crippen molar-refractivity contribution in [3.8, 4) is 0 Å². The van der Waals surface area contributed by atoms with Crippen molar-refractivity contribution >= 4 is 23.0 Å². The van der Waals surface area contributed by atoms with E-state index >= 15 is 0 Å². The third-order valence-electron chi connectivity index (χ3n) is 3.04. The van der Waals surface area contributed by atoms with Gasteiger partial charge in [0, 0.05) is 17.8 Å². The molecule has 0 bridgehead atoms. The molecule has 2 heterocycles. The Hall–Kier alpha value is -2.33. The van der Waals surface area contributed by atoms with Crippen molar-refractivity contribution < 1.29 is 4.79 Å². The van der Waals surface area contributed by atoms with Gasteiger partial charge in [-0.2, -0.15) is 0 Å². The first-order valence-electron chi connectivity index (χ1n) is 6.17. The quantitative estimate of drug-likeness (QED) is 0.804. The number of fused-ring (bicyclic) bond motifs is 1. The number of hydrogen-bond acceptors (Lipinski definition) is 2. The Morgan fingerprint density at radius 2 is 2.00 bits per heavy atom. The summed E-state index contributed by atoms with van der Waals surface area (Å²) in [5.74, 6) is -0.115. The minimum atomic E-state index is -0.115. The second kappa shape index (κ2) is 5.35. The van der Waals surface area contributed by atoms with Crippen molar-refractivity contribution in [2.24, 2.45) is 0 Å². The molecule has 0 atom stereocenters. The second-order valence-corrected chi connectivity index (χ2v) is 4.89. The summed E-state index contributed by atoms with van der Waals surface area (Å²) in [5.41, 5.74) is 2.56. The van der Waals surface area contributed by atoms with Gasteiger partial charge < -0.3 is 9.72 Å². The summed E-state index contributed by atoms with van der Waals surface area (Å²) >= 11 is 5.82. The van der Waals surface area contributed by atoms with E-state index in [0.29, 0.717) is 17.1 Å². The van der Waals surface area contributed by atoms with Crippen LogP contribution in [-0.2, 0) is 6.54 Å². The lowest BCUT2D eigenvalue weighted by molar-refractivity contribution is 0.0950. The van der Waals surface area contributed by atoms with Crippen LogP contribution in [0.1, 0.15) is 15.9 Å². The number of imidazole rings is 1. The number of halogens is 1. The van der Waals surface area contributed by atoms with E-state index in [1.807, 2.05) is 22.6 Å². The van der Waals surface area contributed by atoms with Gasteiger partial charge >= 0.3 is 0 Å². The van der Waals surface area contributed by atoms with Crippen LogP contribution in [-0.4, -0.2) is 15.3 Å². The molecule has 3 rings (SSSR count). The molecule has 100 valence electrons. The number of rotatable bonds is 3. The number of benzene rings is 1. The summed E-state index contributed by atoms with van der Waals surface area (Å²) in [6, 6.07) is 11.0. The Balaban J connectivity index is 1.70. The number of nitrogens with zero attached hydrogens (tertiary/aromatic N) is 2. The van der Waals surface area contributed by atoms with E-state index in [-0.39, 0.29) is 5.91 Å². The summed E-state index contributed by atoms with van der Waals surface area (Å²) < 4.78 is 1.82. The summed E-state index contributed by atoms with van der Waals surface area (Å²) in [6.45, 7) is 0.470. The monoisotopic (exact) mass is 285 g/mol. The van der Waals surface area contributed by atoms with Gasteiger partial charge in [0.2, 0.25) is 0 Å². The van der Waals surface area contributed by atoms with Gasteiger partial charge in [0.15, 0.2) is 0 Å². The average molecular weight is 286 g/mol. The van der Waals surface area contributed by atoms with Gasteiger partial charge in [0.1, 0.15) is 0 Å². The molecule has 1 aromatic carbocycles. The zero-order valence-electron chi connectivity index (χ0n) is 10.6. The minimum Gasteiger partial charge on any atom is -0.348 e. The van der Waals surface area contributed by atoms with E-state index in [1.165, 1.54) is 0 Å². The van der Waals surface area contributed by atoms with Gasteiger partial charge in [0.25, 0.3) is 5.91 Å². The number of amides is 1. The number of carbonyl (C=O) groups is 1. The van der Waals surface area contributed by atoms with Crippen LogP contribution in [0.25, 0.3) is 5.52 Å².